The third-order valence-electron chi connectivity index (χ3n) is 3.20. The maximum Gasteiger partial charge on any atom is 0.149 e. The van der Waals surface area contributed by atoms with Gasteiger partial charge in [-0.1, -0.05) is 55.8 Å². The van der Waals surface area contributed by atoms with E-state index in [1.165, 1.54) is 0 Å². The zero-order chi connectivity index (χ0) is 15.2. The Morgan fingerprint density at radius 3 is 2.62 bits per heavy atom. The van der Waals surface area contributed by atoms with Gasteiger partial charge in [0.25, 0.3) is 0 Å². The van der Waals surface area contributed by atoms with Crippen LogP contribution in [0.25, 0.3) is 11.1 Å². The summed E-state index contributed by atoms with van der Waals surface area (Å²) >= 11 is 6.15. The number of nitrogens with one attached hydrogen (secondary N) is 1. The first kappa shape index (κ1) is 15.3. The first-order valence-corrected chi connectivity index (χ1v) is 7.39. The molecule has 1 heterocycles. The number of benzene rings is 1. The second-order valence-corrected chi connectivity index (χ2v) is 5.67. The number of halogens is 1. The lowest BCUT2D eigenvalue weighted by Crippen LogP contribution is -2.07. The lowest BCUT2D eigenvalue weighted by Gasteiger charge is -2.11. The molecule has 4 heteroatoms. The van der Waals surface area contributed by atoms with Crippen molar-refractivity contribution in [1.82, 2.24) is 4.98 Å². The van der Waals surface area contributed by atoms with Gasteiger partial charge in [-0.05, 0) is 24.0 Å². The molecule has 0 spiro atoms. The summed E-state index contributed by atoms with van der Waals surface area (Å²) in [7, 11) is 0. The van der Waals surface area contributed by atoms with Gasteiger partial charge in [-0.2, -0.15) is 5.26 Å². The van der Waals surface area contributed by atoms with Crippen molar-refractivity contribution >= 4 is 17.4 Å². The van der Waals surface area contributed by atoms with Crippen LogP contribution in [0.2, 0.25) is 5.15 Å². The van der Waals surface area contributed by atoms with Gasteiger partial charge in [0.1, 0.15) is 17.0 Å². The van der Waals surface area contributed by atoms with E-state index in [4.69, 9.17) is 11.6 Å². The smallest absolute Gasteiger partial charge is 0.149 e. The molecule has 3 nitrogen and oxygen atoms in total. The highest BCUT2D eigenvalue weighted by Gasteiger charge is 2.12. The van der Waals surface area contributed by atoms with Gasteiger partial charge in [0.2, 0.25) is 0 Å². The minimum atomic E-state index is 0.242. The van der Waals surface area contributed by atoms with Gasteiger partial charge < -0.3 is 5.32 Å². The minimum absolute atomic E-state index is 0.242. The van der Waals surface area contributed by atoms with Crippen molar-refractivity contribution in [3.8, 4) is 17.2 Å². The van der Waals surface area contributed by atoms with Crippen LogP contribution >= 0.6 is 11.6 Å². The number of nitrogens with zero attached hydrogens (tertiary/aromatic N) is 2. The molecular formula is C17H18ClN3. The van der Waals surface area contributed by atoms with E-state index in [1.54, 1.807) is 0 Å². The van der Waals surface area contributed by atoms with E-state index in [0.717, 1.165) is 24.1 Å². The number of hydrogen-bond acceptors (Lipinski definition) is 3. The Morgan fingerprint density at radius 1 is 1.29 bits per heavy atom. The summed E-state index contributed by atoms with van der Waals surface area (Å²) in [5, 5.41) is 12.8. The standard InChI is InChI=1S/C17H18ClN3/c1-12(2)8-9-20-16-10-14(13-6-4-3-5-7-13)15(11-19)17(18)21-16/h3-7,10,12H,8-9H2,1-2H3,(H,20,21). The van der Waals surface area contributed by atoms with Crippen LogP contribution in [-0.2, 0) is 0 Å². The maximum absolute atomic E-state index is 9.31. The van der Waals surface area contributed by atoms with Gasteiger partial charge >= 0.3 is 0 Å². The zero-order valence-corrected chi connectivity index (χ0v) is 13.0. The Balaban J connectivity index is 2.34. The van der Waals surface area contributed by atoms with E-state index >= 15 is 0 Å². The van der Waals surface area contributed by atoms with Crippen LogP contribution < -0.4 is 5.32 Å². The Morgan fingerprint density at radius 2 is 2.00 bits per heavy atom. The fourth-order valence-corrected chi connectivity index (χ4v) is 2.28. The largest absolute Gasteiger partial charge is 0.370 e. The molecule has 0 saturated heterocycles. The molecule has 0 unspecified atom stereocenters. The summed E-state index contributed by atoms with van der Waals surface area (Å²) in [6, 6.07) is 13.8. The summed E-state index contributed by atoms with van der Waals surface area (Å²) in [6.07, 6.45) is 1.06. The molecule has 0 bridgehead atoms. The van der Waals surface area contributed by atoms with Crippen molar-refractivity contribution in [2.24, 2.45) is 5.92 Å². The van der Waals surface area contributed by atoms with Gasteiger partial charge in [0, 0.05) is 12.1 Å². The van der Waals surface area contributed by atoms with Crippen LogP contribution in [0.15, 0.2) is 36.4 Å². The summed E-state index contributed by atoms with van der Waals surface area (Å²) in [5.41, 5.74) is 2.19. The second kappa shape index (κ2) is 7.10. The maximum atomic E-state index is 9.31. The van der Waals surface area contributed by atoms with Crippen LogP contribution in [-0.4, -0.2) is 11.5 Å². The lowest BCUT2D eigenvalue weighted by atomic mass is 10.0. The Hall–Kier alpha value is -2.05. The molecule has 21 heavy (non-hydrogen) atoms. The van der Waals surface area contributed by atoms with Gasteiger partial charge in [0.15, 0.2) is 0 Å². The molecule has 0 amide bonds. The first-order valence-electron chi connectivity index (χ1n) is 7.01. The molecule has 0 fully saturated rings. The highest BCUT2D eigenvalue weighted by Crippen LogP contribution is 2.30. The van der Waals surface area contributed by atoms with Gasteiger partial charge in [-0.3, -0.25) is 0 Å². The summed E-state index contributed by atoms with van der Waals surface area (Å²) < 4.78 is 0. The zero-order valence-electron chi connectivity index (χ0n) is 12.2. The first-order chi connectivity index (χ1) is 10.1. The summed E-state index contributed by atoms with van der Waals surface area (Å²) in [5.74, 6) is 1.33. The SMILES string of the molecule is CC(C)CCNc1cc(-c2ccccc2)c(C#N)c(Cl)n1. The van der Waals surface area contributed by atoms with Crippen molar-refractivity contribution in [2.75, 3.05) is 11.9 Å². The number of rotatable bonds is 5. The molecule has 1 N–H and O–H groups in total. The Labute approximate surface area is 130 Å². The average Bonchev–Trinajstić information content (AvgIpc) is 2.47. The highest BCUT2D eigenvalue weighted by atomic mass is 35.5. The number of hydrogen-bond donors (Lipinski definition) is 1. The summed E-state index contributed by atoms with van der Waals surface area (Å²) in [6.45, 7) is 5.19. The molecule has 0 aliphatic rings. The van der Waals surface area contributed by atoms with Crippen molar-refractivity contribution in [1.29, 1.82) is 5.26 Å². The lowest BCUT2D eigenvalue weighted by molar-refractivity contribution is 0.606. The third kappa shape index (κ3) is 3.96. The Kier molecular flexibility index (Phi) is 5.19. The molecule has 108 valence electrons. The monoisotopic (exact) mass is 299 g/mol. The van der Waals surface area contributed by atoms with E-state index in [2.05, 4.69) is 30.2 Å². The fraction of sp³-hybridized carbons (Fsp3) is 0.294. The Bertz CT molecular complexity index is 645. The van der Waals surface area contributed by atoms with E-state index in [0.29, 0.717) is 17.3 Å². The molecule has 0 aliphatic carbocycles. The fourth-order valence-electron chi connectivity index (χ4n) is 2.05. The van der Waals surface area contributed by atoms with Crippen molar-refractivity contribution in [3.63, 3.8) is 0 Å². The molecule has 0 aliphatic heterocycles. The van der Waals surface area contributed by atoms with Crippen LogP contribution in [0.1, 0.15) is 25.8 Å². The number of anilines is 1. The molecule has 0 atom stereocenters. The average molecular weight is 300 g/mol. The van der Waals surface area contributed by atoms with Crippen LogP contribution in [0, 0.1) is 17.2 Å². The van der Waals surface area contributed by atoms with Crippen LogP contribution in [0.4, 0.5) is 5.82 Å². The number of aromatic nitrogens is 1. The van der Waals surface area contributed by atoms with Crippen LogP contribution in [0.5, 0.6) is 0 Å². The normalized spacial score (nSPS) is 10.4. The minimum Gasteiger partial charge on any atom is -0.370 e. The quantitative estimate of drug-likeness (QED) is 0.812. The van der Waals surface area contributed by atoms with Crippen LogP contribution in [0.3, 0.4) is 0 Å². The predicted octanol–water partition coefficient (Wildman–Crippen LogP) is 4.73. The molecule has 1 aromatic heterocycles. The van der Waals surface area contributed by atoms with Crippen molar-refractivity contribution < 1.29 is 0 Å². The third-order valence-corrected chi connectivity index (χ3v) is 3.47. The number of nitriles is 1. The van der Waals surface area contributed by atoms with E-state index in [-0.39, 0.29) is 5.15 Å². The van der Waals surface area contributed by atoms with E-state index in [9.17, 15) is 5.26 Å². The molecular weight excluding hydrogens is 282 g/mol. The highest BCUT2D eigenvalue weighted by molar-refractivity contribution is 6.31. The molecule has 0 radical (unpaired) electrons. The molecule has 2 aromatic rings. The van der Waals surface area contributed by atoms with Gasteiger partial charge in [-0.15, -0.1) is 0 Å². The predicted molar refractivity (Wildman–Crippen MR) is 87.3 cm³/mol. The van der Waals surface area contributed by atoms with E-state index < -0.39 is 0 Å². The molecule has 1 aromatic carbocycles. The van der Waals surface area contributed by atoms with Crippen molar-refractivity contribution in [2.45, 2.75) is 20.3 Å². The van der Waals surface area contributed by atoms with E-state index in [1.807, 2.05) is 36.4 Å². The summed E-state index contributed by atoms with van der Waals surface area (Å²) in [4.78, 5) is 4.26. The second-order valence-electron chi connectivity index (χ2n) is 5.31. The molecule has 2 rings (SSSR count). The molecule has 0 saturated carbocycles. The van der Waals surface area contributed by atoms with Gasteiger partial charge in [0.05, 0.1) is 5.56 Å². The van der Waals surface area contributed by atoms with Gasteiger partial charge in [-0.25, -0.2) is 4.98 Å². The number of pyridine rings is 1. The van der Waals surface area contributed by atoms with Crippen molar-refractivity contribution in [3.05, 3.63) is 47.1 Å². The topological polar surface area (TPSA) is 48.7 Å².